The lowest BCUT2D eigenvalue weighted by molar-refractivity contribution is 0.196. The van der Waals surface area contributed by atoms with Gasteiger partial charge in [0.25, 0.3) is 10.0 Å². The van der Waals surface area contributed by atoms with Gasteiger partial charge in [0.05, 0.1) is 6.54 Å². The van der Waals surface area contributed by atoms with Gasteiger partial charge in [0.2, 0.25) is 5.09 Å². The zero-order valence-corrected chi connectivity index (χ0v) is 12.3. The Labute approximate surface area is 114 Å². The zero-order chi connectivity index (χ0) is 14.1. The Hall–Kier alpha value is -0.890. The minimum atomic E-state index is -3.55. The van der Waals surface area contributed by atoms with Crippen molar-refractivity contribution in [1.82, 2.24) is 10.0 Å². The lowest BCUT2D eigenvalue weighted by Gasteiger charge is -2.04. The van der Waals surface area contributed by atoms with Gasteiger partial charge in [-0.15, -0.1) is 0 Å². The summed E-state index contributed by atoms with van der Waals surface area (Å²) in [5.41, 5.74) is 0. The average Bonchev–Trinajstić information content (AvgIpc) is 2.85. The van der Waals surface area contributed by atoms with Crippen molar-refractivity contribution >= 4 is 10.0 Å². The van der Waals surface area contributed by atoms with Crippen molar-refractivity contribution in [1.29, 1.82) is 0 Å². The van der Waals surface area contributed by atoms with E-state index in [1.807, 2.05) is 0 Å². The van der Waals surface area contributed by atoms with Crippen molar-refractivity contribution in [3.63, 3.8) is 0 Å². The maximum absolute atomic E-state index is 11.9. The van der Waals surface area contributed by atoms with Crippen LogP contribution in [0.25, 0.3) is 0 Å². The first-order chi connectivity index (χ1) is 9.10. The van der Waals surface area contributed by atoms with E-state index in [0.717, 1.165) is 13.0 Å². The molecule has 19 heavy (non-hydrogen) atoms. The Kier molecular flexibility index (Phi) is 7.07. The van der Waals surface area contributed by atoms with E-state index < -0.39 is 10.0 Å². The maximum Gasteiger partial charge on any atom is 0.273 e. The van der Waals surface area contributed by atoms with Gasteiger partial charge in [-0.2, -0.15) is 0 Å². The van der Waals surface area contributed by atoms with E-state index in [0.29, 0.717) is 31.9 Å². The van der Waals surface area contributed by atoms with E-state index in [4.69, 9.17) is 9.15 Å². The number of hydrogen-bond acceptors (Lipinski definition) is 5. The summed E-state index contributed by atoms with van der Waals surface area (Å²) in [5, 5.41) is 3.11. The Morgan fingerprint density at radius 1 is 1.32 bits per heavy atom. The highest BCUT2D eigenvalue weighted by Crippen LogP contribution is 2.13. The first-order valence-corrected chi connectivity index (χ1v) is 7.86. The first kappa shape index (κ1) is 16.2. The van der Waals surface area contributed by atoms with Gasteiger partial charge in [0.15, 0.2) is 0 Å². The van der Waals surface area contributed by atoms with Gasteiger partial charge in [-0.3, -0.25) is 0 Å². The molecule has 0 aliphatic rings. The van der Waals surface area contributed by atoms with E-state index in [2.05, 4.69) is 17.0 Å². The van der Waals surface area contributed by atoms with Gasteiger partial charge in [-0.1, -0.05) is 6.92 Å². The molecular formula is C12H22N2O4S. The molecule has 110 valence electrons. The summed E-state index contributed by atoms with van der Waals surface area (Å²) in [7, 11) is -1.97. The number of furan rings is 1. The van der Waals surface area contributed by atoms with Gasteiger partial charge in [0, 0.05) is 20.3 Å². The van der Waals surface area contributed by atoms with Crippen molar-refractivity contribution in [2.24, 2.45) is 0 Å². The van der Waals surface area contributed by atoms with E-state index in [1.54, 1.807) is 13.2 Å². The second-order valence-electron chi connectivity index (χ2n) is 4.14. The molecule has 0 radical (unpaired) electrons. The summed E-state index contributed by atoms with van der Waals surface area (Å²) in [6, 6.07) is 3.15. The fraction of sp³-hybridized carbons (Fsp3) is 0.667. The molecular weight excluding hydrogens is 268 g/mol. The number of rotatable bonds is 10. The summed E-state index contributed by atoms with van der Waals surface area (Å²) in [4.78, 5) is 0. The van der Waals surface area contributed by atoms with Crippen LogP contribution in [0.1, 0.15) is 25.5 Å². The van der Waals surface area contributed by atoms with Crippen LogP contribution in [0, 0.1) is 0 Å². The molecule has 0 unspecified atom stereocenters. The lowest BCUT2D eigenvalue weighted by atomic mass is 10.4. The first-order valence-electron chi connectivity index (χ1n) is 6.38. The molecule has 7 heteroatoms. The normalized spacial score (nSPS) is 11.9. The fourth-order valence-corrected chi connectivity index (χ4v) is 2.50. The van der Waals surface area contributed by atoms with Gasteiger partial charge < -0.3 is 14.5 Å². The van der Waals surface area contributed by atoms with Crippen molar-refractivity contribution < 1.29 is 17.6 Å². The van der Waals surface area contributed by atoms with Crippen LogP contribution in [0.15, 0.2) is 21.6 Å². The Morgan fingerprint density at radius 2 is 2.11 bits per heavy atom. The third-order valence-electron chi connectivity index (χ3n) is 2.45. The molecule has 0 spiro atoms. The Morgan fingerprint density at radius 3 is 2.79 bits per heavy atom. The van der Waals surface area contributed by atoms with Crippen molar-refractivity contribution in [2.45, 2.75) is 31.4 Å². The summed E-state index contributed by atoms with van der Waals surface area (Å²) in [6.45, 7) is 4.33. The molecule has 1 aromatic heterocycles. The molecule has 0 bridgehead atoms. The van der Waals surface area contributed by atoms with Crippen LogP contribution < -0.4 is 10.0 Å². The van der Waals surface area contributed by atoms with Crippen LogP contribution in [-0.2, 0) is 21.3 Å². The van der Waals surface area contributed by atoms with Crippen molar-refractivity contribution in [2.75, 3.05) is 26.8 Å². The number of methoxy groups -OCH3 is 1. The van der Waals surface area contributed by atoms with Crippen molar-refractivity contribution in [3.8, 4) is 0 Å². The minimum absolute atomic E-state index is 0.0433. The predicted octanol–water partition coefficient (Wildman–Crippen LogP) is 1.09. The largest absolute Gasteiger partial charge is 0.447 e. The van der Waals surface area contributed by atoms with Gasteiger partial charge in [-0.05, 0) is 31.5 Å². The molecule has 0 amide bonds. The molecule has 0 saturated carbocycles. The summed E-state index contributed by atoms with van der Waals surface area (Å²) in [6.07, 6.45) is 1.65. The molecule has 0 fully saturated rings. The van der Waals surface area contributed by atoms with Gasteiger partial charge in [-0.25, -0.2) is 13.1 Å². The average molecular weight is 290 g/mol. The second kappa shape index (κ2) is 8.31. The van der Waals surface area contributed by atoms with Crippen LogP contribution in [0.5, 0.6) is 0 Å². The van der Waals surface area contributed by atoms with E-state index >= 15 is 0 Å². The lowest BCUT2D eigenvalue weighted by Crippen LogP contribution is -2.25. The number of ether oxygens (including phenoxy) is 1. The Bertz CT molecular complexity index is 456. The van der Waals surface area contributed by atoms with Crippen LogP contribution >= 0.6 is 0 Å². The topological polar surface area (TPSA) is 80.6 Å². The number of sulfonamides is 1. The molecule has 0 aliphatic carbocycles. The quantitative estimate of drug-likeness (QED) is 0.631. The number of nitrogens with one attached hydrogen (secondary N) is 2. The van der Waals surface area contributed by atoms with Gasteiger partial charge >= 0.3 is 0 Å². The van der Waals surface area contributed by atoms with E-state index in [1.165, 1.54) is 6.07 Å². The third-order valence-corrected chi connectivity index (χ3v) is 3.78. The molecule has 0 saturated heterocycles. The van der Waals surface area contributed by atoms with Gasteiger partial charge in [0.1, 0.15) is 5.76 Å². The van der Waals surface area contributed by atoms with Crippen LogP contribution in [0.4, 0.5) is 0 Å². The molecule has 0 aromatic carbocycles. The highest BCUT2D eigenvalue weighted by Gasteiger charge is 2.17. The summed E-state index contributed by atoms with van der Waals surface area (Å²) >= 11 is 0. The third kappa shape index (κ3) is 5.73. The van der Waals surface area contributed by atoms with Crippen LogP contribution in [0.2, 0.25) is 0 Å². The minimum Gasteiger partial charge on any atom is -0.447 e. The SMILES string of the molecule is CCCNCc1ccc(S(=O)(=O)NCCCOC)o1. The fourth-order valence-electron chi connectivity index (χ4n) is 1.48. The highest BCUT2D eigenvalue weighted by molar-refractivity contribution is 7.89. The Balaban J connectivity index is 2.49. The maximum atomic E-state index is 11.9. The van der Waals surface area contributed by atoms with E-state index in [-0.39, 0.29) is 5.09 Å². The summed E-state index contributed by atoms with van der Waals surface area (Å²) in [5.74, 6) is 0.616. The second-order valence-corrected chi connectivity index (χ2v) is 5.84. The van der Waals surface area contributed by atoms with E-state index in [9.17, 15) is 8.42 Å². The number of hydrogen-bond donors (Lipinski definition) is 2. The zero-order valence-electron chi connectivity index (χ0n) is 11.4. The van der Waals surface area contributed by atoms with Crippen LogP contribution in [0.3, 0.4) is 0 Å². The van der Waals surface area contributed by atoms with Crippen LogP contribution in [-0.4, -0.2) is 35.2 Å². The molecule has 6 nitrogen and oxygen atoms in total. The smallest absolute Gasteiger partial charge is 0.273 e. The molecule has 0 atom stereocenters. The standard InChI is InChI=1S/C12H22N2O4S/c1-3-7-13-10-11-5-6-12(18-11)19(15,16)14-8-4-9-17-2/h5-6,13-14H,3-4,7-10H2,1-2H3. The molecule has 1 rings (SSSR count). The molecule has 2 N–H and O–H groups in total. The highest BCUT2D eigenvalue weighted by atomic mass is 32.2. The molecule has 0 aliphatic heterocycles. The summed E-state index contributed by atoms with van der Waals surface area (Å²) < 4.78 is 36.4. The van der Waals surface area contributed by atoms with Crippen molar-refractivity contribution in [3.05, 3.63) is 17.9 Å². The predicted molar refractivity (Wildman–Crippen MR) is 72.4 cm³/mol. The monoisotopic (exact) mass is 290 g/mol. The molecule has 1 heterocycles. The molecule has 1 aromatic rings.